The monoisotopic (exact) mass is 358 g/mol. The number of nitrogens with one attached hydrogen (secondary N) is 2. The van der Waals surface area contributed by atoms with Gasteiger partial charge in [-0.1, -0.05) is 42.5 Å². The second kappa shape index (κ2) is 7.54. The van der Waals surface area contributed by atoms with Crippen molar-refractivity contribution >= 4 is 11.6 Å². The predicted octanol–water partition coefficient (Wildman–Crippen LogP) is 3.99. The van der Waals surface area contributed by atoms with Crippen LogP contribution in [0.15, 0.2) is 66.7 Å². The summed E-state index contributed by atoms with van der Waals surface area (Å²) in [5.41, 5.74) is 7.29. The molecule has 4 heteroatoms. The Labute approximate surface area is 159 Å². The van der Waals surface area contributed by atoms with Crippen molar-refractivity contribution in [1.29, 1.82) is 0 Å². The number of anilines is 1. The van der Waals surface area contributed by atoms with Crippen molar-refractivity contribution in [2.45, 2.75) is 13.0 Å². The molecule has 4 nitrogen and oxygen atoms in total. The van der Waals surface area contributed by atoms with Crippen molar-refractivity contribution in [3.63, 3.8) is 0 Å². The van der Waals surface area contributed by atoms with Crippen molar-refractivity contribution in [3.05, 3.63) is 83.4 Å². The van der Waals surface area contributed by atoms with Gasteiger partial charge in [-0.3, -0.25) is 4.79 Å². The summed E-state index contributed by atoms with van der Waals surface area (Å²) in [6.07, 6.45) is 0.949. The van der Waals surface area contributed by atoms with Crippen LogP contribution in [0.1, 0.15) is 16.7 Å². The number of carbonyl (C=O) groups excluding carboxylic acids is 1. The van der Waals surface area contributed by atoms with E-state index in [1.54, 1.807) is 7.11 Å². The Morgan fingerprint density at radius 1 is 0.963 bits per heavy atom. The van der Waals surface area contributed by atoms with Gasteiger partial charge in [0.2, 0.25) is 5.91 Å². The Hall–Kier alpha value is -3.27. The van der Waals surface area contributed by atoms with E-state index in [-0.39, 0.29) is 12.5 Å². The number of carbonyl (C=O) groups is 1. The molecule has 136 valence electrons. The molecule has 3 aromatic rings. The second-order valence-corrected chi connectivity index (χ2v) is 6.68. The van der Waals surface area contributed by atoms with Crippen LogP contribution in [0.4, 0.5) is 5.69 Å². The van der Waals surface area contributed by atoms with Crippen LogP contribution in [0.25, 0.3) is 11.1 Å². The second-order valence-electron chi connectivity index (χ2n) is 6.68. The molecule has 0 saturated heterocycles. The van der Waals surface area contributed by atoms with Gasteiger partial charge >= 0.3 is 0 Å². The lowest BCUT2D eigenvalue weighted by Crippen LogP contribution is -2.29. The van der Waals surface area contributed by atoms with E-state index in [9.17, 15) is 4.79 Å². The van der Waals surface area contributed by atoms with Gasteiger partial charge in [0.05, 0.1) is 13.7 Å². The Balaban J connectivity index is 1.31. The third-order valence-electron chi connectivity index (χ3n) is 4.90. The number of hydrogen-bond acceptors (Lipinski definition) is 3. The molecular formula is C23H22N2O2. The lowest BCUT2D eigenvalue weighted by molar-refractivity contribution is -0.119. The topological polar surface area (TPSA) is 50.4 Å². The Morgan fingerprint density at radius 2 is 1.74 bits per heavy atom. The lowest BCUT2D eigenvalue weighted by Gasteiger charge is -2.10. The zero-order chi connectivity index (χ0) is 18.6. The molecule has 27 heavy (non-hydrogen) atoms. The highest BCUT2D eigenvalue weighted by Crippen LogP contribution is 2.37. The first kappa shape index (κ1) is 17.2. The molecule has 0 unspecified atom stereocenters. The molecule has 0 fully saturated rings. The average Bonchev–Trinajstić information content (AvgIpc) is 3.09. The molecule has 1 amide bonds. The van der Waals surface area contributed by atoms with Crippen molar-refractivity contribution in [3.8, 4) is 16.9 Å². The quantitative estimate of drug-likeness (QED) is 0.548. The van der Waals surface area contributed by atoms with Gasteiger partial charge in [-0.05, 0) is 58.5 Å². The first-order valence-electron chi connectivity index (χ1n) is 9.07. The number of ether oxygens (including phenoxy) is 1. The van der Waals surface area contributed by atoms with E-state index in [1.807, 2.05) is 30.3 Å². The van der Waals surface area contributed by atoms with Crippen LogP contribution in [0.2, 0.25) is 0 Å². The minimum Gasteiger partial charge on any atom is -0.497 e. The van der Waals surface area contributed by atoms with E-state index in [0.29, 0.717) is 6.54 Å². The first-order valence-corrected chi connectivity index (χ1v) is 9.07. The zero-order valence-corrected chi connectivity index (χ0v) is 15.3. The number of fused-ring (bicyclic) bond motifs is 3. The van der Waals surface area contributed by atoms with E-state index in [1.165, 1.54) is 22.3 Å². The largest absolute Gasteiger partial charge is 0.497 e. The van der Waals surface area contributed by atoms with Crippen molar-refractivity contribution in [2.24, 2.45) is 0 Å². The van der Waals surface area contributed by atoms with Gasteiger partial charge < -0.3 is 15.4 Å². The molecule has 2 N–H and O–H groups in total. The van der Waals surface area contributed by atoms with Crippen LogP contribution >= 0.6 is 0 Å². The van der Waals surface area contributed by atoms with Crippen LogP contribution in [0.5, 0.6) is 5.75 Å². The fourth-order valence-electron chi connectivity index (χ4n) is 3.44. The van der Waals surface area contributed by atoms with Crippen LogP contribution in [0.3, 0.4) is 0 Å². The predicted molar refractivity (Wildman–Crippen MR) is 108 cm³/mol. The molecule has 0 spiro atoms. The van der Waals surface area contributed by atoms with Gasteiger partial charge in [0, 0.05) is 12.2 Å². The molecule has 4 rings (SSSR count). The van der Waals surface area contributed by atoms with E-state index in [4.69, 9.17) is 4.74 Å². The Bertz CT molecular complexity index is 964. The van der Waals surface area contributed by atoms with Gasteiger partial charge in [-0.15, -0.1) is 0 Å². The summed E-state index contributed by atoms with van der Waals surface area (Å²) in [4.78, 5) is 12.1. The van der Waals surface area contributed by atoms with E-state index >= 15 is 0 Å². The summed E-state index contributed by atoms with van der Waals surface area (Å²) in [6.45, 7) is 0.756. The van der Waals surface area contributed by atoms with Gasteiger partial charge in [-0.2, -0.15) is 0 Å². The smallest absolute Gasteiger partial charge is 0.239 e. The maximum absolute atomic E-state index is 12.1. The van der Waals surface area contributed by atoms with E-state index in [2.05, 4.69) is 47.0 Å². The molecular weight excluding hydrogens is 336 g/mol. The molecule has 1 aliphatic rings. The van der Waals surface area contributed by atoms with Gasteiger partial charge in [-0.25, -0.2) is 0 Å². The third-order valence-corrected chi connectivity index (χ3v) is 4.90. The number of hydrogen-bond donors (Lipinski definition) is 2. The molecule has 0 heterocycles. The molecule has 0 bridgehead atoms. The number of rotatable bonds is 6. The highest BCUT2D eigenvalue weighted by Gasteiger charge is 2.17. The molecule has 3 aromatic carbocycles. The fourth-order valence-corrected chi connectivity index (χ4v) is 3.44. The summed E-state index contributed by atoms with van der Waals surface area (Å²) in [5, 5.41) is 6.15. The van der Waals surface area contributed by atoms with Gasteiger partial charge in [0.25, 0.3) is 0 Å². The highest BCUT2D eigenvalue weighted by molar-refractivity contribution is 5.82. The van der Waals surface area contributed by atoms with Gasteiger partial charge in [0.1, 0.15) is 5.75 Å². The van der Waals surface area contributed by atoms with Gasteiger partial charge in [0.15, 0.2) is 0 Å². The Kier molecular flexibility index (Phi) is 4.79. The standard InChI is InChI=1S/C23H22N2O2/c1-27-20-9-6-16(7-10-20)14-25-23(26)15-24-19-8-11-22-18(13-19)12-17-4-2-3-5-21(17)22/h2-11,13,24H,12,14-15H2,1H3,(H,25,26). The average molecular weight is 358 g/mol. The molecule has 0 atom stereocenters. The first-order chi connectivity index (χ1) is 13.2. The maximum atomic E-state index is 12.1. The minimum absolute atomic E-state index is 0.0328. The van der Waals surface area contributed by atoms with Crippen molar-refractivity contribution in [2.75, 3.05) is 19.0 Å². The van der Waals surface area contributed by atoms with Crippen LogP contribution < -0.4 is 15.4 Å². The summed E-state index contributed by atoms with van der Waals surface area (Å²) in [7, 11) is 1.64. The zero-order valence-electron chi connectivity index (χ0n) is 15.3. The fraction of sp³-hybridized carbons (Fsp3) is 0.174. The number of amides is 1. The van der Waals surface area contributed by atoms with Crippen molar-refractivity contribution in [1.82, 2.24) is 5.32 Å². The van der Waals surface area contributed by atoms with Crippen molar-refractivity contribution < 1.29 is 9.53 Å². The van der Waals surface area contributed by atoms with Crippen LogP contribution in [-0.4, -0.2) is 19.6 Å². The van der Waals surface area contributed by atoms with Crippen LogP contribution in [-0.2, 0) is 17.8 Å². The third kappa shape index (κ3) is 3.80. The summed E-state index contributed by atoms with van der Waals surface area (Å²) >= 11 is 0. The highest BCUT2D eigenvalue weighted by atomic mass is 16.5. The van der Waals surface area contributed by atoms with Crippen LogP contribution in [0, 0.1) is 0 Å². The molecule has 0 saturated carbocycles. The molecule has 0 aliphatic heterocycles. The SMILES string of the molecule is COc1ccc(CNC(=O)CNc2ccc3c(c2)Cc2ccccc2-3)cc1. The number of benzene rings is 3. The molecule has 1 aliphatic carbocycles. The lowest BCUT2D eigenvalue weighted by atomic mass is 10.1. The maximum Gasteiger partial charge on any atom is 0.239 e. The summed E-state index contributed by atoms with van der Waals surface area (Å²) in [6, 6.07) is 22.5. The summed E-state index contributed by atoms with van der Waals surface area (Å²) < 4.78 is 5.14. The Morgan fingerprint density at radius 3 is 2.56 bits per heavy atom. The summed E-state index contributed by atoms with van der Waals surface area (Å²) in [5.74, 6) is 0.778. The minimum atomic E-state index is -0.0328. The van der Waals surface area contributed by atoms with E-state index in [0.717, 1.165) is 23.4 Å². The molecule has 0 radical (unpaired) electrons. The van der Waals surface area contributed by atoms with E-state index < -0.39 is 0 Å². The number of methoxy groups -OCH3 is 1. The normalized spacial score (nSPS) is 11.4. The molecule has 0 aromatic heterocycles.